The zero-order valence-electron chi connectivity index (χ0n) is 12.6. The molecule has 3 rings (SSSR count). The minimum atomic E-state index is -0.479. The van der Waals surface area contributed by atoms with Crippen LogP contribution >= 0.6 is 0 Å². The number of rotatable bonds is 3. The first-order valence-electron chi connectivity index (χ1n) is 7.76. The highest BCUT2D eigenvalue weighted by atomic mass is 16.5. The van der Waals surface area contributed by atoms with Crippen molar-refractivity contribution in [1.82, 2.24) is 9.80 Å². The highest BCUT2D eigenvalue weighted by Crippen LogP contribution is 2.18. The third-order valence-electron chi connectivity index (χ3n) is 4.30. The summed E-state index contributed by atoms with van der Waals surface area (Å²) in [6, 6.07) is 9.77. The van der Waals surface area contributed by atoms with Gasteiger partial charge in [0.25, 0.3) is 0 Å². The molecule has 1 N–H and O–H groups in total. The van der Waals surface area contributed by atoms with Gasteiger partial charge in [-0.1, -0.05) is 30.3 Å². The van der Waals surface area contributed by atoms with Gasteiger partial charge in [-0.15, -0.1) is 0 Å². The van der Waals surface area contributed by atoms with Gasteiger partial charge in [-0.25, -0.2) is 0 Å². The first-order chi connectivity index (χ1) is 10.7. The fraction of sp³-hybridized carbons (Fsp3) is 0.471. The SMILES string of the molecule is O=C(/C=C/c1ccccc1)N1C[C@@H](O)[C@H](N2CCOCC2)C1. The van der Waals surface area contributed by atoms with Crippen molar-refractivity contribution >= 4 is 12.0 Å². The second-order valence-electron chi connectivity index (χ2n) is 5.77. The number of β-amino-alcohol motifs (C(OH)–C–C–N with tert-alkyl or cyclic N) is 1. The molecule has 2 atom stereocenters. The zero-order valence-corrected chi connectivity index (χ0v) is 12.6. The Morgan fingerprint density at radius 3 is 2.64 bits per heavy atom. The maximum Gasteiger partial charge on any atom is 0.246 e. The Balaban J connectivity index is 1.59. The fourth-order valence-corrected chi connectivity index (χ4v) is 3.05. The number of aliphatic hydroxyl groups excluding tert-OH is 1. The van der Waals surface area contributed by atoms with E-state index in [-0.39, 0.29) is 11.9 Å². The van der Waals surface area contributed by atoms with E-state index >= 15 is 0 Å². The minimum Gasteiger partial charge on any atom is -0.390 e. The highest BCUT2D eigenvalue weighted by molar-refractivity contribution is 5.92. The third kappa shape index (κ3) is 3.55. The van der Waals surface area contributed by atoms with Crippen molar-refractivity contribution in [2.24, 2.45) is 0 Å². The monoisotopic (exact) mass is 302 g/mol. The fourth-order valence-electron chi connectivity index (χ4n) is 3.05. The van der Waals surface area contributed by atoms with Gasteiger partial charge in [0.1, 0.15) is 0 Å². The number of amides is 1. The summed E-state index contributed by atoms with van der Waals surface area (Å²) in [5.74, 6) is -0.0429. The van der Waals surface area contributed by atoms with Crippen molar-refractivity contribution in [2.75, 3.05) is 39.4 Å². The van der Waals surface area contributed by atoms with Gasteiger partial charge in [0.2, 0.25) is 5.91 Å². The molecule has 2 aliphatic rings. The number of morpholine rings is 1. The van der Waals surface area contributed by atoms with Crippen molar-refractivity contribution in [2.45, 2.75) is 12.1 Å². The van der Waals surface area contributed by atoms with Crippen molar-refractivity contribution in [3.63, 3.8) is 0 Å². The summed E-state index contributed by atoms with van der Waals surface area (Å²) in [6.07, 6.45) is 2.92. The molecule has 2 saturated heterocycles. The molecule has 1 aromatic carbocycles. The van der Waals surface area contributed by atoms with Gasteiger partial charge >= 0.3 is 0 Å². The molecule has 0 saturated carbocycles. The molecule has 2 fully saturated rings. The van der Waals surface area contributed by atoms with Gasteiger partial charge in [-0.2, -0.15) is 0 Å². The Morgan fingerprint density at radius 1 is 1.18 bits per heavy atom. The van der Waals surface area contributed by atoms with Crippen LogP contribution in [-0.4, -0.2) is 72.4 Å². The smallest absolute Gasteiger partial charge is 0.246 e. The van der Waals surface area contributed by atoms with Gasteiger partial charge in [0.05, 0.1) is 25.4 Å². The van der Waals surface area contributed by atoms with Crippen LogP contribution in [-0.2, 0) is 9.53 Å². The van der Waals surface area contributed by atoms with Gasteiger partial charge in [-0.05, 0) is 11.6 Å². The summed E-state index contributed by atoms with van der Waals surface area (Å²) in [7, 11) is 0. The quantitative estimate of drug-likeness (QED) is 0.831. The predicted octanol–water partition coefficient (Wildman–Crippen LogP) is 0.604. The predicted molar refractivity (Wildman–Crippen MR) is 84.2 cm³/mol. The van der Waals surface area contributed by atoms with Crippen LogP contribution < -0.4 is 0 Å². The maximum absolute atomic E-state index is 12.3. The topological polar surface area (TPSA) is 53.0 Å². The lowest BCUT2D eigenvalue weighted by Crippen LogP contribution is -2.49. The van der Waals surface area contributed by atoms with Crippen molar-refractivity contribution < 1.29 is 14.6 Å². The number of carbonyl (C=O) groups excluding carboxylic acids is 1. The average molecular weight is 302 g/mol. The Kier molecular flexibility index (Phi) is 4.87. The Labute approximate surface area is 130 Å². The zero-order chi connectivity index (χ0) is 15.4. The van der Waals surface area contributed by atoms with Crippen LogP contribution in [0.3, 0.4) is 0 Å². The Hall–Kier alpha value is -1.69. The van der Waals surface area contributed by atoms with E-state index in [0.717, 1.165) is 18.7 Å². The number of nitrogens with zero attached hydrogens (tertiary/aromatic N) is 2. The van der Waals surface area contributed by atoms with Gasteiger partial charge in [0.15, 0.2) is 0 Å². The van der Waals surface area contributed by atoms with Crippen LogP contribution in [0.1, 0.15) is 5.56 Å². The van der Waals surface area contributed by atoms with E-state index in [1.165, 1.54) is 0 Å². The number of benzene rings is 1. The molecule has 0 radical (unpaired) electrons. The van der Waals surface area contributed by atoms with E-state index in [9.17, 15) is 9.90 Å². The summed E-state index contributed by atoms with van der Waals surface area (Å²) < 4.78 is 5.34. The van der Waals surface area contributed by atoms with E-state index in [1.807, 2.05) is 36.4 Å². The molecule has 5 nitrogen and oxygen atoms in total. The average Bonchev–Trinajstić information content (AvgIpc) is 2.96. The standard InChI is InChI=1S/C17H22N2O3/c20-16-13-19(12-15(16)18-8-10-22-11-9-18)17(21)7-6-14-4-2-1-3-5-14/h1-7,15-16,20H,8-13H2/b7-6+/t15-,16-/m1/s1. The number of hydrogen-bond donors (Lipinski definition) is 1. The number of carbonyl (C=O) groups is 1. The van der Waals surface area contributed by atoms with E-state index in [1.54, 1.807) is 11.0 Å². The maximum atomic E-state index is 12.3. The molecule has 0 aliphatic carbocycles. The normalized spacial score (nSPS) is 26.7. The second-order valence-corrected chi connectivity index (χ2v) is 5.77. The molecule has 5 heteroatoms. The Bertz CT molecular complexity index is 526. The van der Waals surface area contributed by atoms with Gasteiger partial charge in [0, 0.05) is 32.3 Å². The van der Waals surface area contributed by atoms with E-state index in [0.29, 0.717) is 26.3 Å². The van der Waals surface area contributed by atoms with Gasteiger partial charge < -0.3 is 14.7 Å². The molecule has 2 aliphatic heterocycles. The lowest BCUT2D eigenvalue weighted by molar-refractivity contribution is -0.125. The van der Waals surface area contributed by atoms with Crippen LogP contribution in [0.5, 0.6) is 0 Å². The summed E-state index contributed by atoms with van der Waals surface area (Å²) in [5.41, 5.74) is 1.00. The first kappa shape index (κ1) is 15.2. The molecule has 0 aromatic heterocycles. The molecular formula is C17H22N2O3. The number of hydrogen-bond acceptors (Lipinski definition) is 4. The van der Waals surface area contributed by atoms with E-state index in [2.05, 4.69) is 4.90 Å². The Morgan fingerprint density at radius 2 is 1.91 bits per heavy atom. The lowest BCUT2D eigenvalue weighted by Gasteiger charge is -2.33. The molecule has 22 heavy (non-hydrogen) atoms. The van der Waals surface area contributed by atoms with Gasteiger partial charge in [-0.3, -0.25) is 9.69 Å². The number of ether oxygens (including phenoxy) is 1. The van der Waals surface area contributed by atoms with Crippen LogP contribution in [0.25, 0.3) is 6.08 Å². The van der Waals surface area contributed by atoms with Crippen molar-refractivity contribution in [1.29, 1.82) is 0 Å². The van der Waals surface area contributed by atoms with Crippen molar-refractivity contribution in [3.8, 4) is 0 Å². The number of likely N-dealkylation sites (tertiary alicyclic amines) is 1. The minimum absolute atomic E-state index is 0.0259. The van der Waals surface area contributed by atoms with Crippen LogP contribution in [0.15, 0.2) is 36.4 Å². The lowest BCUT2D eigenvalue weighted by atomic mass is 10.1. The second kappa shape index (κ2) is 7.05. The molecule has 2 heterocycles. The highest BCUT2D eigenvalue weighted by Gasteiger charge is 2.37. The molecule has 0 bridgehead atoms. The summed E-state index contributed by atoms with van der Waals surface area (Å²) in [6.45, 7) is 4.03. The third-order valence-corrected chi connectivity index (χ3v) is 4.30. The van der Waals surface area contributed by atoms with E-state index < -0.39 is 6.10 Å². The van der Waals surface area contributed by atoms with Crippen LogP contribution in [0.4, 0.5) is 0 Å². The molecular weight excluding hydrogens is 280 g/mol. The van der Waals surface area contributed by atoms with E-state index in [4.69, 9.17) is 4.74 Å². The largest absolute Gasteiger partial charge is 0.390 e. The number of aliphatic hydroxyl groups is 1. The summed E-state index contributed by atoms with van der Waals surface area (Å²) >= 11 is 0. The first-order valence-corrected chi connectivity index (χ1v) is 7.76. The van der Waals surface area contributed by atoms with Crippen LogP contribution in [0, 0.1) is 0 Å². The summed E-state index contributed by atoms with van der Waals surface area (Å²) in [4.78, 5) is 16.2. The summed E-state index contributed by atoms with van der Waals surface area (Å²) in [5, 5.41) is 10.2. The van der Waals surface area contributed by atoms with Crippen LogP contribution in [0.2, 0.25) is 0 Å². The molecule has 0 unspecified atom stereocenters. The molecule has 1 aromatic rings. The van der Waals surface area contributed by atoms with Crippen molar-refractivity contribution in [3.05, 3.63) is 42.0 Å². The molecule has 0 spiro atoms. The molecule has 1 amide bonds. The molecule has 118 valence electrons.